The van der Waals surface area contributed by atoms with Gasteiger partial charge in [-0.2, -0.15) is 0 Å². The van der Waals surface area contributed by atoms with Crippen LogP contribution in [0.2, 0.25) is 0 Å². The van der Waals surface area contributed by atoms with Crippen molar-refractivity contribution in [1.82, 2.24) is 9.47 Å². The predicted molar refractivity (Wildman–Crippen MR) is 99.5 cm³/mol. The lowest BCUT2D eigenvalue weighted by Gasteiger charge is -2.29. The van der Waals surface area contributed by atoms with Crippen molar-refractivity contribution in [2.45, 2.75) is 26.4 Å². The molecule has 1 amide bonds. The fourth-order valence-corrected chi connectivity index (χ4v) is 4.25. The zero-order valence-corrected chi connectivity index (χ0v) is 14.6. The number of hydrogen-bond acceptors (Lipinski definition) is 2. The minimum absolute atomic E-state index is 0.120. The molecule has 0 saturated carbocycles. The minimum Gasteiger partial charge on any atom is -0.333 e. The molecule has 0 atom stereocenters. The predicted octanol–water partition coefficient (Wildman–Crippen LogP) is 4.48. The number of thiophene rings is 1. The quantitative estimate of drug-likeness (QED) is 0.648. The Morgan fingerprint density at radius 2 is 2.04 bits per heavy atom. The topological polar surface area (TPSA) is 25.2 Å². The minimum atomic E-state index is 0.120. The third kappa shape index (κ3) is 2.57. The van der Waals surface area contributed by atoms with Crippen molar-refractivity contribution in [2.24, 2.45) is 0 Å². The van der Waals surface area contributed by atoms with E-state index in [4.69, 9.17) is 0 Å². The molecule has 4 heteroatoms. The lowest BCUT2D eigenvalue weighted by Crippen LogP contribution is -2.37. The van der Waals surface area contributed by atoms with Gasteiger partial charge in [0.05, 0.1) is 10.2 Å². The normalized spacial score (nSPS) is 14.0. The number of nitrogens with zero attached hydrogens (tertiary/aromatic N) is 2. The molecule has 0 fully saturated rings. The molecule has 0 saturated heterocycles. The standard InChI is InChI=1S/C20H20N2OS/c1-14(2)12-22-17-8-10-24-19(17)11-18(22)20(23)21-9-7-15-5-3-4-6-16(15)13-21/h3-6,8,10-11H,1,7,9,12-13H2,2H3. The summed E-state index contributed by atoms with van der Waals surface area (Å²) in [7, 11) is 0. The van der Waals surface area contributed by atoms with Gasteiger partial charge in [-0.25, -0.2) is 0 Å². The second-order valence-corrected chi connectivity index (χ2v) is 7.44. The van der Waals surface area contributed by atoms with Gasteiger partial charge in [-0.15, -0.1) is 11.3 Å². The van der Waals surface area contributed by atoms with Gasteiger partial charge in [0.25, 0.3) is 5.91 Å². The van der Waals surface area contributed by atoms with Crippen LogP contribution in [0.1, 0.15) is 28.5 Å². The molecule has 3 heterocycles. The summed E-state index contributed by atoms with van der Waals surface area (Å²) in [5, 5.41) is 2.07. The van der Waals surface area contributed by atoms with Gasteiger partial charge < -0.3 is 9.47 Å². The molecule has 0 radical (unpaired) electrons. The maximum atomic E-state index is 13.2. The van der Waals surface area contributed by atoms with Crippen molar-refractivity contribution in [1.29, 1.82) is 0 Å². The van der Waals surface area contributed by atoms with Crippen LogP contribution >= 0.6 is 11.3 Å². The molecule has 0 aliphatic carbocycles. The monoisotopic (exact) mass is 336 g/mol. The maximum Gasteiger partial charge on any atom is 0.270 e. The van der Waals surface area contributed by atoms with E-state index in [1.165, 1.54) is 11.1 Å². The van der Waals surface area contributed by atoms with E-state index in [1.54, 1.807) is 11.3 Å². The third-order valence-corrected chi connectivity index (χ3v) is 5.44. The lowest BCUT2D eigenvalue weighted by atomic mass is 10.00. The summed E-state index contributed by atoms with van der Waals surface area (Å²) in [5.41, 5.74) is 5.58. The Labute approximate surface area is 145 Å². The highest BCUT2D eigenvalue weighted by atomic mass is 32.1. The number of aromatic nitrogens is 1. The smallest absolute Gasteiger partial charge is 0.270 e. The molecule has 3 nitrogen and oxygen atoms in total. The number of hydrogen-bond donors (Lipinski definition) is 0. The van der Waals surface area contributed by atoms with Crippen molar-refractivity contribution >= 4 is 27.5 Å². The summed E-state index contributed by atoms with van der Waals surface area (Å²) in [6.45, 7) is 8.19. The zero-order chi connectivity index (χ0) is 16.7. The molecular formula is C20H20N2OS. The molecule has 24 heavy (non-hydrogen) atoms. The van der Waals surface area contributed by atoms with Gasteiger partial charge >= 0.3 is 0 Å². The summed E-state index contributed by atoms with van der Waals surface area (Å²) in [6.07, 6.45) is 0.928. The van der Waals surface area contributed by atoms with Crippen LogP contribution in [-0.2, 0) is 19.5 Å². The number of benzene rings is 1. The Balaban J connectivity index is 1.69. The van der Waals surface area contributed by atoms with E-state index in [-0.39, 0.29) is 5.91 Å². The van der Waals surface area contributed by atoms with Crippen LogP contribution in [0.5, 0.6) is 0 Å². The third-order valence-electron chi connectivity index (χ3n) is 4.59. The maximum absolute atomic E-state index is 13.2. The van der Waals surface area contributed by atoms with E-state index >= 15 is 0 Å². The van der Waals surface area contributed by atoms with E-state index < -0.39 is 0 Å². The largest absolute Gasteiger partial charge is 0.333 e. The number of allylic oxidation sites excluding steroid dienone is 1. The molecule has 0 bridgehead atoms. The second-order valence-electron chi connectivity index (χ2n) is 6.49. The van der Waals surface area contributed by atoms with Crippen molar-refractivity contribution in [3.05, 3.63) is 70.8 Å². The first-order chi connectivity index (χ1) is 11.6. The van der Waals surface area contributed by atoms with Crippen LogP contribution in [0.3, 0.4) is 0 Å². The first kappa shape index (κ1) is 15.2. The van der Waals surface area contributed by atoms with Gasteiger partial charge in [0.15, 0.2) is 0 Å². The summed E-state index contributed by atoms with van der Waals surface area (Å²) >= 11 is 1.68. The number of rotatable bonds is 3. The summed E-state index contributed by atoms with van der Waals surface area (Å²) < 4.78 is 3.27. The SMILES string of the molecule is C=C(C)Cn1c(C(=O)N2CCc3ccccc3C2)cc2sccc21. The molecule has 4 rings (SSSR count). The van der Waals surface area contributed by atoms with Gasteiger partial charge in [-0.05, 0) is 42.0 Å². The highest BCUT2D eigenvalue weighted by Crippen LogP contribution is 2.28. The lowest BCUT2D eigenvalue weighted by molar-refractivity contribution is 0.0724. The van der Waals surface area contributed by atoms with E-state index in [0.717, 1.165) is 34.4 Å². The van der Waals surface area contributed by atoms with Gasteiger partial charge in [0.1, 0.15) is 5.69 Å². The molecule has 2 aromatic heterocycles. The Hall–Kier alpha value is -2.33. The highest BCUT2D eigenvalue weighted by Gasteiger charge is 2.25. The Morgan fingerprint density at radius 3 is 2.83 bits per heavy atom. The summed E-state index contributed by atoms with van der Waals surface area (Å²) in [5.74, 6) is 0.120. The van der Waals surface area contributed by atoms with Crippen LogP contribution < -0.4 is 0 Å². The fraction of sp³-hybridized carbons (Fsp3) is 0.250. The van der Waals surface area contributed by atoms with Crippen LogP contribution in [0.15, 0.2) is 53.9 Å². The van der Waals surface area contributed by atoms with Crippen LogP contribution in [0, 0.1) is 0 Å². The number of amides is 1. The Bertz CT molecular complexity index is 934. The summed E-state index contributed by atoms with van der Waals surface area (Å²) in [6, 6.07) is 12.5. The van der Waals surface area contributed by atoms with Crippen LogP contribution in [-0.4, -0.2) is 21.9 Å². The van der Waals surface area contributed by atoms with Crippen LogP contribution in [0.4, 0.5) is 0 Å². The highest BCUT2D eigenvalue weighted by molar-refractivity contribution is 7.17. The molecule has 1 aromatic carbocycles. The summed E-state index contributed by atoms with van der Waals surface area (Å²) in [4.78, 5) is 15.1. The van der Waals surface area contributed by atoms with Gasteiger partial charge in [0.2, 0.25) is 0 Å². The molecule has 0 N–H and O–H groups in total. The molecule has 1 aliphatic heterocycles. The molecule has 0 spiro atoms. The first-order valence-electron chi connectivity index (χ1n) is 8.20. The average molecular weight is 336 g/mol. The van der Waals surface area contributed by atoms with E-state index in [0.29, 0.717) is 13.1 Å². The number of carbonyl (C=O) groups is 1. The molecule has 122 valence electrons. The van der Waals surface area contributed by atoms with Crippen LogP contribution in [0.25, 0.3) is 10.2 Å². The van der Waals surface area contributed by atoms with Gasteiger partial charge in [0, 0.05) is 19.6 Å². The first-order valence-corrected chi connectivity index (χ1v) is 9.08. The van der Waals surface area contributed by atoms with E-state index in [9.17, 15) is 4.79 Å². The molecule has 0 unspecified atom stereocenters. The van der Waals surface area contributed by atoms with E-state index in [1.807, 2.05) is 24.0 Å². The zero-order valence-electron chi connectivity index (χ0n) is 13.8. The van der Waals surface area contributed by atoms with Crippen molar-refractivity contribution in [2.75, 3.05) is 6.54 Å². The molecule has 1 aliphatic rings. The fourth-order valence-electron chi connectivity index (χ4n) is 3.43. The van der Waals surface area contributed by atoms with Crippen molar-refractivity contribution in [3.8, 4) is 0 Å². The average Bonchev–Trinajstić information content (AvgIpc) is 3.16. The second kappa shape index (κ2) is 5.95. The molecule has 3 aromatic rings. The van der Waals surface area contributed by atoms with Gasteiger partial charge in [-0.3, -0.25) is 4.79 Å². The Kier molecular flexibility index (Phi) is 3.77. The van der Waals surface area contributed by atoms with E-state index in [2.05, 4.69) is 40.8 Å². The Morgan fingerprint density at radius 1 is 1.25 bits per heavy atom. The number of carbonyl (C=O) groups excluding carboxylic acids is 1. The van der Waals surface area contributed by atoms with Crippen molar-refractivity contribution in [3.63, 3.8) is 0 Å². The van der Waals surface area contributed by atoms with Crippen molar-refractivity contribution < 1.29 is 4.79 Å². The van der Waals surface area contributed by atoms with Gasteiger partial charge in [-0.1, -0.05) is 36.4 Å². The number of fused-ring (bicyclic) bond motifs is 2. The molecular weight excluding hydrogens is 316 g/mol.